The third-order valence-corrected chi connectivity index (χ3v) is 5.51. The number of imidazole rings is 1. The van der Waals surface area contributed by atoms with Crippen molar-refractivity contribution >= 4 is 9.84 Å². The van der Waals surface area contributed by atoms with Gasteiger partial charge in [-0.1, -0.05) is 13.8 Å². The number of sulfone groups is 1. The van der Waals surface area contributed by atoms with Crippen LogP contribution in [0.25, 0.3) is 0 Å². The van der Waals surface area contributed by atoms with E-state index in [-0.39, 0.29) is 22.9 Å². The molecular formula is C15H23N5O2S. The number of hydrogen-bond donors (Lipinski definition) is 1. The SMILES string of the molecule is CC(C)c1cnc(S(=O)(=O)Cc2nc(C3CC3)n[nH]2)n1C(C)C. The molecule has 0 unspecified atom stereocenters. The molecular weight excluding hydrogens is 314 g/mol. The first-order chi connectivity index (χ1) is 10.8. The van der Waals surface area contributed by atoms with Gasteiger partial charge >= 0.3 is 0 Å². The molecule has 7 nitrogen and oxygen atoms in total. The lowest BCUT2D eigenvalue weighted by Crippen LogP contribution is -2.17. The number of aromatic nitrogens is 5. The summed E-state index contributed by atoms with van der Waals surface area (Å²) in [6.07, 6.45) is 3.83. The minimum atomic E-state index is -3.58. The summed E-state index contributed by atoms with van der Waals surface area (Å²) in [4.78, 5) is 8.51. The largest absolute Gasteiger partial charge is 0.316 e. The highest BCUT2D eigenvalue weighted by Crippen LogP contribution is 2.37. The summed E-state index contributed by atoms with van der Waals surface area (Å²) in [5, 5.41) is 6.98. The van der Waals surface area contributed by atoms with E-state index in [9.17, 15) is 8.42 Å². The first kappa shape index (κ1) is 16.2. The Morgan fingerprint density at radius 3 is 2.57 bits per heavy atom. The zero-order chi connectivity index (χ0) is 16.8. The van der Waals surface area contributed by atoms with Gasteiger partial charge in [0.15, 0.2) is 5.82 Å². The van der Waals surface area contributed by atoms with Gasteiger partial charge < -0.3 is 4.57 Å². The van der Waals surface area contributed by atoms with Crippen LogP contribution >= 0.6 is 0 Å². The smallest absolute Gasteiger partial charge is 0.228 e. The molecule has 2 heterocycles. The third kappa shape index (κ3) is 3.17. The van der Waals surface area contributed by atoms with Crippen molar-refractivity contribution in [3.05, 3.63) is 23.5 Å². The highest BCUT2D eigenvalue weighted by molar-refractivity contribution is 7.90. The third-order valence-electron chi connectivity index (χ3n) is 4.00. The molecule has 126 valence electrons. The van der Waals surface area contributed by atoms with E-state index in [0.717, 1.165) is 24.4 Å². The fraction of sp³-hybridized carbons (Fsp3) is 0.667. The van der Waals surface area contributed by atoms with Crippen LogP contribution in [0.15, 0.2) is 11.4 Å². The fourth-order valence-corrected chi connectivity index (χ4v) is 4.12. The van der Waals surface area contributed by atoms with Gasteiger partial charge in [-0.15, -0.1) is 0 Å². The maximum absolute atomic E-state index is 12.8. The van der Waals surface area contributed by atoms with Gasteiger partial charge in [-0.3, -0.25) is 5.10 Å². The molecule has 1 aliphatic rings. The van der Waals surface area contributed by atoms with Crippen LogP contribution < -0.4 is 0 Å². The summed E-state index contributed by atoms with van der Waals surface area (Å²) in [5.41, 5.74) is 0.926. The molecule has 2 aromatic heterocycles. The number of nitrogens with zero attached hydrogens (tertiary/aromatic N) is 4. The van der Waals surface area contributed by atoms with Crippen molar-refractivity contribution in [1.29, 1.82) is 0 Å². The van der Waals surface area contributed by atoms with Crippen molar-refractivity contribution in [3.63, 3.8) is 0 Å². The van der Waals surface area contributed by atoms with Gasteiger partial charge in [0.25, 0.3) is 0 Å². The topological polar surface area (TPSA) is 93.5 Å². The van der Waals surface area contributed by atoms with E-state index in [2.05, 4.69) is 20.2 Å². The van der Waals surface area contributed by atoms with E-state index in [1.807, 2.05) is 27.7 Å². The zero-order valence-corrected chi connectivity index (χ0v) is 14.8. The van der Waals surface area contributed by atoms with Gasteiger partial charge in [0, 0.05) is 23.9 Å². The summed E-state index contributed by atoms with van der Waals surface area (Å²) in [6, 6.07) is 0.0245. The molecule has 1 saturated carbocycles. The Morgan fingerprint density at radius 1 is 1.30 bits per heavy atom. The maximum atomic E-state index is 12.8. The van der Waals surface area contributed by atoms with Crippen LogP contribution in [0.3, 0.4) is 0 Å². The second kappa shape index (κ2) is 5.74. The molecule has 0 aromatic carbocycles. The summed E-state index contributed by atoms with van der Waals surface area (Å²) < 4.78 is 27.4. The van der Waals surface area contributed by atoms with Crippen LogP contribution in [-0.2, 0) is 15.6 Å². The van der Waals surface area contributed by atoms with E-state index in [0.29, 0.717) is 11.7 Å². The number of rotatable bonds is 6. The van der Waals surface area contributed by atoms with E-state index in [4.69, 9.17) is 0 Å². The number of aromatic amines is 1. The van der Waals surface area contributed by atoms with Gasteiger partial charge in [-0.25, -0.2) is 18.4 Å². The number of hydrogen-bond acceptors (Lipinski definition) is 5. The number of H-pyrrole nitrogens is 1. The first-order valence-electron chi connectivity index (χ1n) is 8.00. The Labute approximate surface area is 136 Å². The molecule has 23 heavy (non-hydrogen) atoms. The molecule has 1 fully saturated rings. The predicted molar refractivity (Wildman–Crippen MR) is 85.9 cm³/mol. The lowest BCUT2D eigenvalue weighted by atomic mass is 10.1. The quantitative estimate of drug-likeness (QED) is 0.874. The molecule has 3 rings (SSSR count). The van der Waals surface area contributed by atoms with Crippen molar-refractivity contribution in [2.45, 2.75) is 69.3 Å². The van der Waals surface area contributed by atoms with Crippen LogP contribution in [0.5, 0.6) is 0 Å². The van der Waals surface area contributed by atoms with E-state index < -0.39 is 9.84 Å². The zero-order valence-electron chi connectivity index (χ0n) is 13.9. The molecule has 1 N–H and O–H groups in total. The Bertz CT molecular complexity index is 800. The standard InChI is InChI=1S/C15H23N5O2S/c1-9(2)12-7-16-15(20(12)10(3)4)23(21,22)8-13-17-14(19-18-13)11-5-6-11/h7,9-11H,5-6,8H2,1-4H3,(H,17,18,19). The molecule has 0 atom stereocenters. The van der Waals surface area contributed by atoms with E-state index in [1.54, 1.807) is 10.8 Å². The van der Waals surface area contributed by atoms with Crippen LogP contribution in [0.2, 0.25) is 0 Å². The molecule has 8 heteroatoms. The molecule has 0 spiro atoms. The monoisotopic (exact) mass is 337 g/mol. The summed E-state index contributed by atoms with van der Waals surface area (Å²) in [6.45, 7) is 7.99. The maximum Gasteiger partial charge on any atom is 0.228 e. The van der Waals surface area contributed by atoms with Crippen molar-refractivity contribution < 1.29 is 8.42 Å². The van der Waals surface area contributed by atoms with Gasteiger partial charge in [0.05, 0.1) is 0 Å². The second-order valence-corrected chi connectivity index (χ2v) is 8.64. The average Bonchev–Trinajstić information content (AvgIpc) is 3.01. The van der Waals surface area contributed by atoms with E-state index in [1.165, 1.54) is 0 Å². The minimum Gasteiger partial charge on any atom is -0.316 e. The molecule has 0 radical (unpaired) electrons. The Morgan fingerprint density at radius 2 is 2.00 bits per heavy atom. The van der Waals surface area contributed by atoms with Crippen molar-refractivity contribution in [2.24, 2.45) is 0 Å². The second-order valence-electron chi connectivity index (χ2n) is 6.76. The van der Waals surface area contributed by atoms with Crippen molar-refractivity contribution in [2.75, 3.05) is 0 Å². The normalized spacial score (nSPS) is 15.7. The van der Waals surface area contributed by atoms with Crippen LogP contribution in [0.4, 0.5) is 0 Å². The van der Waals surface area contributed by atoms with Crippen LogP contribution in [0, 0.1) is 0 Å². The fourth-order valence-electron chi connectivity index (χ4n) is 2.68. The average molecular weight is 337 g/mol. The summed E-state index contributed by atoms with van der Waals surface area (Å²) in [5.74, 6) is 1.52. The molecule has 1 aliphatic carbocycles. The first-order valence-corrected chi connectivity index (χ1v) is 9.66. The minimum absolute atomic E-state index is 0.0245. The van der Waals surface area contributed by atoms with Crippen LogP contribution in [-0.4, -0.2) is 33.2 Å². The predicted octanol–water partition coefficient (Wildman–Crippen LogP) is 2.56. The molecule has 0 bridgehead atoms. The van der Waals surface area contributed by atoms with Gasteiger partial charge in [-0.05, 0) is 32.6 Å². The van der Waals surface area contributed by atoms with Gasteiger partial charge in [0.1, 0.15) is 11.6 Å². The van der Waals surface area contributed by atoms with Crippen molar-refractivity contribution in [1.82, 2.24) is 24.7 Å². The highest BCUT2D eigenvalue weighted by Gasteiger charge is 2.30. The lowest BCUT2D eigenvalue weighted by Gasteiger charge is -2.17. The van der Waals surface area contributed by atoms with Gasteiger partial charge in [0.2, 0.25) is 15.0 Å². The molecule has 0 saturated heterocycles. The van der Waals surface area contributed by atoms with Crippen LogP contribution in [0.1, 0.15) is 75.8 Å². The molecule has 0 amide bonds. The van der Waals surface area contributed by atoms with E-state index >= 15 is 0 Å². The number of nitrogens with one attached hydrogen (secondary N) is 1. The van der Waals surface area contributed by atoms with Gasteiger partial charge in [-0.2, -0.15) is 5.10 Å². The lowest BCUT2D eigenvalue weighted by molar-refractivity contribution is 0.495. The molecule has 2 aromatic rings. The molecule has 0 aliphatic heterocycles. The Balaban J connectivity index is 1.92. The summed E-state index contributed by atoms with van der Waals surface area (Å²) >= 11 is 0. The van der Waals surface area contributed by atoms with Crippen molar-refractivity contribution in [3.8, 4) is 0 Å². The summed E-state index contributed by atoms with van der Waals surface area (Å²) in [7, 11) is -3.58. The Hall–Kier alpha value is -1.70. The highest BCUT2D eigenvalue weighted by atomic mass is 32.2. The Kier molecular flexibility index (Phi) is 4.03.